The largest absolute Gasteiger partial charge is 0.508 e. The SMILES string of the molecule is BrB1N[B]NB(n2cnc3ccccc32)N1.Oc1cccc(-n2cnc3ccccc32)c1. The third-order valence-electron chi connectivity index (χ3n) is 5.10. The molecular weight excluding hydrogens is 467 g/mol. The molecular formula is C20H18B3BrN7O. The van der Waals surface area contributed by atoms with Gasteiger partial charge in [0.25, 0.3) is 7.55 Å². The zero-order valence-corrected chi connectivity index (χ0v) is 18.5. The summed E-state index contributed by atoms with van der Waals surface area (Å²) < 4.78 is 4.01. The summed E-state index contributed by atoms with van der Waals surface area (Å²) in [7, 11) is 1.81. The maximum absolute atomic E-state index is 9.45. The molecule has 6 rings (SSSR count). The van der Waals surface area contributed by atoms with Crippen molar-refractivity contribution in [2.24, 2.45) is 0 Å². The van der Waals surface area contributed by atoms with Gasteiger partial charge in [-0.2, -0.15) is 0 Å². The van der Waals surface area contributed by atoms with Crippen molar-refractivity contribution in [2.45, 2.75) is 0 Å². The van der Waals surface area contributed by atoms with Crippen molar-refractivity contribution in [3.8, 4) is 11.4 Å². The lowest BCUT2D eigenvalue weighted by Gasteiger charge is -2.24. The number of phenolic OH excluding ortho intramolecular Hbond substituents is 1. The normalized spacial score (nSPS) is 13.7. The Morgan fingerprint density at radius 3 is 2.34 bits per heavy atom. The maximum Gasteiger partial charge on any atom is 0.416 e. The molecule has 1 aliphatic heterocycles. The molecule has 2 aromatic heterocycles. The van der Waals surface area contributed by atoms with Crippen molar-refractivity contribution in [2.75, 3.05) is 0 Å². The van der Waals surface area contributed by atoms with Crippen molar-refractivity contribution >= 4 is 58.3 Å². The van der Waals surface area contributed by atoms with Gasteiger partial charge in [-0.05, 0) is 36.4 Å². The van der Waals surface area contributed by atoms with Crippen LogP contribution in [0, 0.1) is 0 Å². The second kappa shape index (κ2) is 9.21. The highest BCUT2D eigenvalue weighted by molar-refractivity contribution is 9.24. The molecule has 0 aliphatic carbocycles. The van der Waals surface area contributed by atoms with Gasteiger partial charge in [-0.3, -0.25) is 4.57 Å². The first kappa shape index (κ1) is 20.8. The Labute approximate surface area is 194 Å². The van der Waals surface area contributed by atoms with E-state index in [2.05, 4.69) is 51.7 Å². The fourth-order valence-corrected chi connectivity index (χ4v) is 3.97. The van der Waals surface area contributed by atoms with Gasteiger partial charge >= 0.3 is 12.9 Å². The number of imidazole rings is 2. The highest BCUT2D eigenvalue weighted by atomic mass is 79.9. The molecule has 3 heterocycles. The van der Waals surface area contributed by atoms with Crippen LogP contribution >= 0.6 is 15.8 Å². The van der Waals surface area contributed by atoms with Gasteiger partial charge < -0.3 is 25.0 Å². The summed E-state index contributed by atoms with van der Waals surface area (Å²) in [6, 6.07) is 23.1. The minimum Gasteiger partial charge on any atom is -0.508 e. The summed E-state index contributed by atoms with van der Waals surface area (Å²) >= 11 is 3.45. The number of fused-ring (bicyclic) bond motifs is 2. The van der Waals surface area contributed by atoms with E-state index >= 15 is 0 Å². The summed E-state index contributed by atoms with van der Waals surface area (Å²) in [6.07, 6.45) is 3.59. The molecule has 4 N–H and O–H groups in total. The molecule has 0 spiro atoms. The van der Waals surface area contributed by atoms with Crippen LogP contribution in [0.1, 0.15) is 0 Å². The van der Waals surface area contributed by atoms with Crippen molar-refractivity contribution in [1.29, 1.82) is 0 Å². The van der Waals surface area contributed by atoms with Crippen molar-refractivity contribution in [3.05, 3.63) is 85.5 Å². The second-order valence-electron chi connectivity index (χ2n) is 7.17. The third-order valence-corrected chi connectivity index (χ3v) is 5.62. The van der Waals surface area contributed by atoms with Crippen LogP contribution < -0.4 is 15.4 Å². The lowest BCUT2D eigenvalue weighted by Crippen LogP contribution is -2.70. The first-order valence-corrected chi connectivity index (χ1v) is 11.0. The molecule has 155 valence electrons. The molecule has 1 radical (unpaired) electrons. The van der Waals surface area contributed by atoms with E-state index in [0.29, 0.717) is 0 Å². The Kier molecular flexibility index (Phi) is 6.00. The van der Waals surface area contributed by atoms with Crippen LogP contribution in [-0.2, 0) is 0 Å². The van der Waals surface area contributed by atoms with Crippen molar-refractivity contribution in [3.63, 3.8) is 0 Å². The number of rotatable bonds is 2. The van der Waals surface area contributed by atoms with E-state index in [9.17, 15) is 5.11 Å². The van der Waals surface area contributed by atoms with Crippen molar-refractivity contribution < 1.29 is 5.11 Å². The number of phenols is 1. The van der Waals surface area contributed by atoms with E-state index in [4.69, 9.17) is 0 Å². The molecule has 32 heavy (non-hydrogen) atoms. The second-order valence-corrected chi connectivity index (χ2v) is 8.09. The molecule has 0 unspecified atom stereocenters. The standard InChI is InChI=1S/C13H10N2O.C7H8B3BrN5/c16-11-5-3-4-10(8-11)15-9-14-12-6-1-2-7-13(12)15;11-9-13-8-14-10(15-9)16-5-12-6-3-1-2-4-7(6)16/h1-9,16H;1-5,13-15H. The Morgan fingerprint density at radius 1 is 0.844 bits per heavy atom. The quantitative estimate of drug-likeness (QED) is 0.288. The number of nitrogens with zero attached hydrogens (tertiary/aromatic N) is 4. The molecule has 1 fully saturated rings. The minimum absolute atomic E-state index is 0.00183. The highest BCUT2D eigenvalue weighted by Crippen LogP contribution is 2.20. The number of halogens is 1. The monoisotopic (exact) mass is 484 g/mol. The first-order chi connectivity index (χ1) is 15.7. The van der Waals surface area contributed by atoms with Crippen LogP contribution in [0.5, 0.6) is 5.75 Å². The number of nitrogens with one attached hydrogen (secondary N) is 3. The number of hydrogen-bond acceptors (Lipinski definition) is 6. The molecule has 1 aliphatic rings. The van der Waals surface area contributed by atoms with Gasteiger partial charge in [0.1, 0.15) is 12.1 Å². The smallest absolute Gasteiger partial charge is 0.416 e. The van der Waals surface area contributed by atoms with Gasteiger partial charge in [0.15, 0.2) is 0 Å². The van der Waals surface area contributed by atoms with Gasteiger partial charge in [-0.15, -0.1) is 15.8 Å². The number of aromatic hydroxyl groups is 1. The molecule has 0 bridgehead atoms. The van der Waals surface area contributed by atoms with Crippen LogP contribution in [0.3, 0.4) is 0 Å². The van der Waals surface area contributed by atoms with Crippen LogP contribution in [0.2, 0.25) is 0 Å². The molecule has 0 saturated carbocycles. The summed E-state index contributed by atoms with van der Waals surface area (Å²) in [6.45, 7) is 0. The molecule has 5 aromatic rings. The number of aromatic nitrogens is 4. The molecule has 0 amide bonds. The Bertz CT molecular complexity index is 1360. The van der Waals surface area contributed by atoms with Crippen LogP contribution in [-0.4, -0.2) is 44.6 Å². The van der Waals surface area contributed by atoms with E-state index in [-0.39, 0.29) is 18.7 Å². The predicted molar refractivity (Wildman–Crippen MR) is 133 cm³/mol. The molecule has 1 saturated heterocycles. The van der Waals surface area contributed by atoms with Crippen LogP contribution in [0.25, 0.3) is 27.8 Å². The predicted octanol–water partition coefficient (Wildman–Crippen LogP) is 2.30. The molecule has 3 aromatic carbocycles. The zero-order valence-electron chi connectivity index (χ0n) is 16.9. The summed E-state index contributed by atoms with van der Waals surface area (Å²) in [5, 5.41) is 19.0. The van der Waals surface area contributed by atoms with Crippen molar-refractivity contribution in [1.82, 2.24) is 34.4 Å². The van der Waals surface area contributed by atoms with E-state index in [1.54, 1.807) is 18.5 Å². The molecule has 12 heteroatoms. The number of benzene rings is 3. The van der Waals surface area contributed by atoms with Gasteiger partial charge in [-0.25, -0.2) is 9.97 Å². The van der Waals surface area contributed by atoms with Gasteiger partial charge in [0, 0.05) is 6.07 Å². The fraction of sp³-hybridized carbons (Fsp3) is 0. The Hall–Kier alpha value is -3.05. The lowest BCUT2D eigenvalue weighted by molar-refractivity contribution is 0.475. The third kappa shape index (κ3) is 4.30. The van der Waals surface area contributed by atoms with E-state index < -0.39 is 0 Å². The Balaban J connectivity index is 0.000000135. The van der Waals surface area contributed by atoms with E-state index in [1.807, 2.05) is 73.0 Å². The van der Waals surface area contributed by atoms with Crippen LogP contribution in [0.4, 0.5) is 0 Å². The maximum atomic E-state index is 9.45. The number of hydrogen-bond donors (Lipinski definition) is 4. The van der Waals surface area contributed by atoms with E-state index in [1.165, 1.54) is 0 Å². The lowest BCUT2D eigenvalue weighted by atomic mass is 9.75. The molecule has 8 nitrogen and oxygen atoms in total. The van der Waals surface area contributed by atoms with E-state index in [0.717, 1.165) is 27.8 Å². The number of para-hydroxylation sites is 4. The fourth-order valence-electron chi connectivity index (χ4n) is 3.59. The Morgan fingerprint density at radius 2 is 1.56 bits per heavy atom. The van der Waals surface area contributed by atoms with Crippen LogP contribution in [0.15, 0.2) is 85.5 Å². The summed E-state index contributed by atoms with van der Waals surface area (Å²) in [5.41, 5.74) is 4.99. The highest BCUT2D eigenvalue weighted by Gasteiger charge is 2.29. The van der Waals surface area contributed by atoms with Gasteiger partial charge in [0.2, 0.25) is 0 Å². The minimum atomic E-state index is -0.00183. The topological polar surface area (TPSA) is 92.0 Å². The summed E-state index contributed by atoms with van der Waals surface area (Å²) in [5.74, 6) is 0.315. The zero-order chi connectivity index (χ0) is 21.9. The average Bonchev–Trinajstić information content (AvgIpc) is 3.44. The average molecular weight is 485 g/mol. The van der Waals surface area contributed by atoms with Gasteiger partial charge in [0.05, 0.1) is 34.1 Å². The first-order valence-electron chi connectivity index (χ1n) is 10.1. The summed E-state index contributed by atoms with van der Waals surface area (Å²) in [4.78, 5) is 8.66. The van der Waals surface area contributed by atoms with Gasteiger partial charge in [-0.1, -0.05) is 30.3 Å². The molecule has 0 atom stereocenters.